The molecule has 3 rings (SSSR count). The van der Waals surface area contributed by atoms with E-state index in [9.17, 15) is 4.79 Å². The highest BCUT2D eigenvalue weighted by Gasteiger charge is 2.07. The first-order valence-electron chi connectivity index (χ1n) is 5.91. The van der Waals surface area contributed by atoms with Crippen LogP contribution in [0.15, 0.2) is 48.8 Å². The third kappa shape index (κ3) is 2.48. The van der Waals surface area contributed by atoms with Crippen LogP contribution in [0.4, 0.5) is 0 Å². The van der Waals surface area contributed by atoms with Crippen molar-refractivity contribution in [1.82, 2.24) is 9.66 Å². The van der Waals surface area contributed by atoms with E-state index in [2.05, 4.69) is 10.4 Å². The maximum atomic E-state index is 11.9. The SMILES string of the molecule is O=C(Cc1ccc[nH]1)Nn1ccc2cc(Cl)ccc21. The Morgan fingerprint density at radius 3 is 3.00 bits per heavy atom. The van der Waals surface area contributed by atoms with Gasteiger partial charge in [-0.3, -0.25) is 14.9 Å². The van der Waals surface area contributed by atoms with Crippen LogP contribution in [0, 0.1) is 0 Å². The Bertz CT molecular complexity index is 715. The second-order valence-electron chi connectivity index (χ2n) is 4.30. The van der Waals surface area contributed by atoms with Crippen molar-refractivity contribution in [3.8, 4) is 0 Å². The van der Waals surface area contributed by atoms with Crippen LogP contribution in [0.3, 0.4) is 0 Å². The molecule has 0 bridgehead atoms. The molecule has 96 valence electrons. The molecule has 0 spiro atoms. The van der Waals surface area contributed by atoms with Crippen molar-refractivity contribution < 1.29 is 4.79 Å². The third-order valence-electron chi connectivity index (χ3n) is 2.91. The van der Waals surface area contributed by atoms with Crippen LogP contribution in [0.5, 0.6) is 0 Å². The van der Waals surface area contributed by atoms with Gasteiger partial charge in [0.15, 0.2) is 0 Å². The maximum absolute atomic E-state index is 11.9. The molecule has 2 aromatic heterocycles. The number of rotatable bonds is 3. The number of fused-ring (bicyclic) bond motifs is 1. The quantitative estimate of drug-likeness (QED) is 0.757. The maximum Gasteiger partial charge on any atom is 0.244 e. The second kappa shape index (κ2) is 4.82. The number of amides is 1. The van der Waals surface area contributed by atoms with Crippen molar-refractivity contribution in [2.45, 2.75) is 6.42 Å². The summed E-state index contributed by atoms with van der Waals surface area (Å²) >= 11 is 5.93. The van der Waals surface area contributed by atoms with Gasteiger partial charge in [0, 0.05) is 28.5 Å². The first kappa shape index (κ1) is 11.9. The van der Waals surface area contributed by atoms with Gasteiger partial charge in [0.2, 0.25) is 5.91 Å². The van der Waals surface area contributed by atoms with Crippen molar-refractivity contribution in [3.05, 3.63) is 59.5 Å². The van der Waals surface area contributed by atoms with E-state index in [1.807, 2.05) is 36.5 Å². The molecule has 0 aliphatic heterocycles. The summed E-state index contributed by atoms with van der Waals surface area (Å²) in [5.41, 5.74) is 4.64. The van der Waals surface area contributed by atoms with Gasteiger partial charge < -0.3 is 4.98 Å². The summed E-state index contributed by atoms with van der Waals surface area (Å²) in [4.78, 5) is 14.9. The van der Waals surface area contributed by atoms with Gasteiger partial charge in [-0.2, -0.15) is 0 Å². The van der Waals surface area contributed by atoms with Crippen LogP contribution in [0.2, 0.25) is 5.02 Å². The third-order valence-corrected chi connectivity index (χ3v) is 3.15. The highest BCUT2D eigenvalue weighted by atomic mass is 35.5. The summed E-state index contributed by atoms with van der Waals surface area (Å²) in [5.74, 6) is -0.0742. The lowest BCUT2D eigenvalue weighted by Gasteiger charge is -2.07. The van der Waals surface area contributed by atoms with E-state index in [0.29, 0.717) is 11.4 Å². The predicted octanol–water partition coefficient (Wildman–Crippen LogP) is 2.94. The van der Waals surface area contributed by atoms with Gasteiger partial charge in [0.1, 0.15) is 0 Å². The molecular formula is C14H12ClN3O. The Hall–Kier alpha value is -2.20. The average Bonchev–Trinajstić information content (AvgIpc) is 2.99. The van der Waals surface area contributed by atoms with Crippen molar-refractivity contribution in [2.24, 2.45) is 0 Å². The summed E-state index contributed by atoms with van der Waals surface area (Å²) in [5, 5.41) is 1.68. The molecule has 3 aromatic rings. The highest BCUT2D eigenvalue weighted by Crippen LogP contribution is 2.19. The molecule has 1 amide bonds. The number of nitrogens with one attached hydrogen (secondary N) is 2. The number of H-pyrrole nitrogens is 1. The summed E-state index contributed by atoms with van der Waals surface area (Å²) < 4.78 is 1.71. The summed E-state index contributed by atoms with van der Waals surface area (Å²) in [6.45, 7) is 0. The van der Waals surface area contributed by atoms with Crippen molar-refractivity contribution in [2.75, 3.05) is 5.43 Å². The molecule has 0 radical (unpaired) electrons. The van der Waals surface area contributed by atoms with E-state index in [0.717, 1.165) is 16.6 Å². The van der Waals surface area contributed by atoms with Gasteiger partial charge >= 0.3 is 0 Å². The predicted molar refractivity (Wildman–Crippen MR) is 75.8 cm³/mol. The van der Waals surface area contributed by atoms with Gasteiger partial charge in [-0.25, -0.2) is 0 Å². The molecule has 19 heavy (non-hydrogen) atoms. The zero-order chi connectivity index (χ0) is 13.2. The summed E-state index contributed by atoms with van der Waals surface area (Å²) in [7, 11) is 0. The Kier molecular flexibility index (Phi) is 3.01. The lowest BCUT2D eigenvalue weighted by atomic mass is 10.2. The van der Waals surface area contributed by atoms with Gasteiger partial charge in [0.25, 0.3) is 0 Å². The average molecular weight is 274 g/mol. The Labute approximate surface area is 115 Å². The number of aromatic amines is 1. The first-order valence-corrected chi connectivity index (χ1v) is 6.29. The largest absolute Gasteiger partial charge is 0.365 e. The zero-order valence-electron chi connectivity index (χ0n) is 10.1. The van der Waals surface area contributed by atoms with Crippen LogP contribution in [-0.4, -0.2) is 15.6 Å². The molecule has 0 unspecified atom stereocenters. The van der Waals surface area contributed by atoms with Gasteiger partial charge in [-0.1, -0.05) is 11.6 Å². The smallest absolute Gasteiger partial charge is 0.244 e. The normalized spacial score (nSPS) is 10.8. The standard InChI is InChI=1S/C14H12ClN3O/c15-11-3-4-13-10(8-11)5-7-18(13)17-14(19)9-12-2-1-6-16-12/h1-8,16H,9H2,(H,17,19). The van der Waals surface area contributed by atoms with Gasteiger partial charge in [-0.15, -0.1) is 0 Å². The minimum Gasteiger partial charge on any atom is -0.365 e. The molecule has 0 atom stereocenters. The van der Waals surface area contributed by atoms with Crippen LogP contribution in [0.1, 0.15) is 5.69 Å². The monoisotopic (exact) mass is 273 g/mol. The molecule has 4 nitrogen and oxygen atoms in total. The van der Waals surface area contributed by atoms with E-state index in [-0.39, 0.29) is 5.91 Å². The molecule has 0 saturated carbocycles. The number of hydrogen-bond acceptors (Lipinski definition) is 1. The van der Waals surface area contributed by atoms with Crippen LogP contribution in [0.25, 0.3) is 10.9 Å². The Morgan fingerprint density at radius 1 is 1.32 bits per heavy atom. The topological polar surface area (TPSA) is 49.8 Å². The van der Waals surface area contributed by atoms with E-state index < -0.39 is 0 Å². The lowest BCUT2D eigenvalue weighted by Crippen LogP contribution is -2.23. The van der Waals surface area contributed by atoms with Crippen LogP contribution in [-0.2, 0) is 11.2 Å². The molecule has 0 aliphatic carbocycles. The van der Waals surface area contributed by atoms with Gasteiger partial charge in [0.05, 0.1) is 11.9 Å². The number of benzene rings is 1. The fourth-order valence-electron chi connectivity index (χ4n) is 2.04. The molecule has 0 saturated heterocycles. The molecule has 2 heterocycles. The lowest BCUT2D eigenvalue weighted by molar-refractivity contribution is -0.116. The van der Waals surface area contributed by atoms with Crippen molar-refractivity contribution in [3.63, 3.8) is 0 Å². The molecular weight excluding hydrogens is 262 g/mol. The number of nitrogens with zero attached hydrogens (tertiary/aromatic N) is 1. The van der Waals surface area contributed by atoms with E-state index in [1.165, 1.54) is 0 Å². The van der Waals surface area contributed by atoms with E-state index in [4.69, 9.17) is 11.6 Å². The van der Waals surface area contributed by atoms with E-state index in [1.54, 1.807) is 16.9 Å². The fourth-order valence-corrected chi connectivity index (χ4v) is 2.22. The summed E-state index contributed by atoms with van der Waals surface area (Å²) in [6.07, 6.45) is 3.93. The second-order valence-corrected chi connectivity index (χ2v) is 4.73. The van der Waals surface area contributed by atoms with Gasteiger partial charge in [-0.05, 0) is 36.4 Å². The van der Waals surface area contributed by atoms with Crippen LogP contribution >= 0.6 is 11.6 Å². The first-order chi connectivity index (χ1) is 9.22. The summed E-state index contributed by atoms with van der Waals surface area (Å²) in [6, 6.07) is 11.2. The minimum atomic E-state index is -0.0742. The molecule has 0 fully saturated rings. The number of carbonyl (C=O) groups excluding carboxylic acids is 1. The number of carbonyl (C=O) groups is 1. The van der Waals surface area contributed by atoms with Crippen LogP contribution < -0.4 is 5.43 Å². The molecule has 5 heteroatoms. The molecule has 1 aromatic carbocycles. The molecule has 2 N–H and O–H groups in total. The number of hydrogen-bond donors (Lipinski definition) is 2. The number of aromatic nitrogens is 2. The highest BCUT2D eigenvalue weighted by molar-refractivity contribution is 6.31. The fraction of sp³-hybridized carbons (Fsp3) is 0.0714. The van der Waals surface area contributed by atoms with E-state index >= 15 is 0 Å². The van der Waals surface area contributed by atoms with Crippen molar-refractivity contribution in [1.29, 1.82) is 0 Å². The Morgan fingerprint density at radius 2 is 2.21 bits per heavy atom. The van der Waals surface area contributed by atoms with Crippen molar-refractivity contribution >= 4 is 28.4 Å². The molecule has 0 aliphatic rings. The minimum absolute atomic E-state index is 0.0742. The number of halogens is 1. The zero-order valence-corrected chi connectivity index (χ0v) is 10.8. The Balaban J connectivity index is 1.79.